The molecule has 1 aliphatic heterocycles. The summed E-state index contributed by atoms with van der Waals surface area (Å²) >= 11 is 0. The molecule has 4 aliphatic carbocycles. The summed E-state index contributed by atoms with van der Waals surface area (Å²) in [5, 5.41) is 0. The monoisotopic (exact) mass is 286 g/mol. The van der Waals surface area contributed by atoms with Crippen molar-refractivity contribution in [3.63, 3.8) is 0 Å². The first-order valence-corrected chi connectivity index (χ1v) is 8.93. The minimum atomic E-state index is 0.224. The molecule has 1 saturated heterocycles. The van der Waals surface area contributed by atoms with Crippen LogP contribution in [0.3, 0.4) is 0 Å². The van der Waals surface area contributed by atoms with Crippen molar-refractivity contribution in [3.05, 3.63) is 11.6 Å². The van der Waals surface area contributed by atoms with E-state index in [1.807, 2.05) is 6.08 Å². The van der Waals surface area contributed by atoms with Crippen LogP contribution in [0.4, 0.5) is 0 Å². The molecule has 21 heavy (non-hydrogen) atoms. The van der Waals surface area contributed by atoms with Gasteiger partial charge in [0.15, 0.2) is 5.78 Å². The van der Waals surface area contributed by atoms with Gasteiger partial charge in [-0.1, -0.05) is 12.5 Å². The molecular formula is C19H26O2. The highest BCUT2D eigenvalue weighted by atomic mass is 16.6. The van der Waals surface area contributed by atoms with E-state index in [1.165, 1.54) is 37.7 Å². The molecule has 3 saturated carbocycles. The molecule has 0 aromatic carbocycles. The number of ether oxygens (including phenoxy) is 1. The Morgan fingerprint density at radius 3 is 2.67 bits per heavy atom. The number of carbonyl (C=O) groups is 1. The van der Waals surface area contributed by atoms with Gasteiger partial charge in [-0.3, -0.25) is 4.79 Å². The van der Waals surface area contributed by atoms with E-state index in [9.17, 15) is 4.79 Å². The van der Waals surface area contributed by atoms with Gasteiger partial charge in [0.1, 0.15) is 5.60 Å². The Morgan fingerprint density at radius 2 is 1.86 bits per heavy atom. The SMILES string of the molecule is CC12CC[C@H]3[C@@H]4CCC5=CC(=O)CC[C@]5(C)[C@H]4CC[C@@]31O2. The van der Waals surface area contributed by atoms with E-state index in [0.29, 0.717) is 11.2 Å². The maximum atomic E-state index is 11.8. The molecule has 0 amide bonds. The summed E-state index contributed by atoms with van der Waals surface area (Å²) in [5.74, 6) is 2.82. The van der Waals surface area contributed by atoms with Crippen LogP contribution < -0.4 is 0 Å². The zero-order chi connectivity index (χ0) is 14.5. The third-order valence-electron chi connectivity index (χ3n) is 8.18. The summed E-state index contributed by atoms with van der Waals surface area (Å²) < 4.78 is 6.30. The standard InChI is InChI=1S/C19H26O2/c1-17-8-5-13(20)11-12(17)3-4-14-15(17)7-10-19-16(14)6-9-18(19,2)21-19/h11,14-16H,3-10H2,1-2H3/t14-,15+,16+,17+,18?,19-/m1/s1. The van der Waals surface area contributed by atoms with E-state index in [0.717, 1.165) is 37.0 Å². The smallest absolute Gasteiger partial charge is 0.155 e. The second kappa shape index (κ2) is 3.64. The molecule has 0 bridgehead atoms. The second-order valence-corrected chi connectivity index (χ2v) is 8.77. The molecule has 0 aromatic rings. The van der Waals surface area contributed by atoms with Crippen LogP contribution in [0.2, 0.25) is 0 Å². The topological polar surface area (TPSA) is 29.6 Å². The predicted octanol–water partition coefficient (Wildman–Crippen LogP) is 4.04. The molecule has 0 N–H and O–H groups in total. The highest BCUT2D eigenvalue weighted by molar-refractivity contribution is 5.91. The van der Waals surface area contributed by atoms with E-state index in [1.54, 1.807) is 0 Å². The van der Waals surface area contributed by atoms with E-state index < -0.39 is 0 Å². The molecule has 1 spiro atoms. The lowest BCUT2D eigenvalue weighted by atomic mass is 9.49. The molecule has 1 heterocycles. The third-order valence-corrected chi connectivity index (χ3v) is 8.18. The highest BCUT2D eigenvalue weighted by Gasteiger charge is 2.76. The average molecular weight is 286 g/mol. The molecule has 5 aliphatic rings. The van der Waals surface area contributed by atoms with Crippen molar-refractivity contribution in [2.24, 2.45) is 23.2 Å². The summed E-state index contributed by atoms with van der Waals surface area (Å²) in [4.78, 5) is 11.8. The summed E-state index contributed by atoms with van der Waals surface area (Å²) in [6.45, 7) is 4.81. The third kappa shape index (κ3) is 1.37. The number of allylic oxidation sites excluding steroid dienone is 1. The van der Waals surface area contributed by atoms with Crippen molar-refractivity contribution in [1.82, 2.24) is 0 Å². The number of ketones is 1. The molecule has 114 valence electrons. The van der Waals surface area contributed by atoms with E-state index in [2.05, 4.69) is 13.8 Å². The van der Waals surface area contributed by atoms with Crippen molar-refractivity contribution in [1.29, 1.82) is 0 Å². The summed E-state index contributed by atoms with van der Waals surface area (Å²) in [7, 11) is 0. The van der Waals surface area contributed by atoms with E-state index >= 15 is 0 Å². The fraction of sp³-hybridized carbons (Fsp3) is 0.842. The Morgan fingerprint density at radius 1 is 1.05 bits per heavy atom. The lowest BCUT2D eigenvalue weighted by Crippen LogP contribution is -2.50. The quantitative estimate of drug-likeness (QED) is 0.629. The van der Waals surface area contributed by atoms with Crippen molar-refractivity contribution in [2.75, 3.05) is 0 Å². The molecule has 4 fully saturated rings. The number of hydrogen-bond donors (Lipinski definition) is 0. The molecule has 1 unspecified atom stereocenters. The maximum Gasteiger partial charge on any atom is 0.155 e. The molecule has 0 radical (unpaired) electrons. The van der Waals surface area contributed by atoms with Crippen molar-refractivity contribution >= 4 is 5.78 Å². The number of fused-ring (bicyclic) bond motifs is 4. The van der Waals surface area contributed by atoms with Crippen LogP contribution in [0.5, 0.6) is 0 Å². The molecule has 5 rings (SSSR count). The van der Waals surface area contributed by atoms with Gasteiger partial charge in [-0.25, -0.2) is 0 Å². The van der Waals surface area contributed by atoms with Gasteiger partial charge in [-0.2, -0.15) is 0 Å². The molecule has 0 aromatic heterocycles. The average Bonchev–Trinajstić information content (AvgIpc) is 2.92. The lowest BCUT2D eigenvalue weighted by molar-refractivity contribution is -0.117. The molecule has 2 heteroatoms. The van der Waals surface area contributed by atoms with Crippen molar-refractivity contribution in [2.45, 2.75) is 76.4 Å². The largest absolute Gasteiger partial charge is 0.363 e. The summed E-state index contributed by atoms with van der Waals surface area (Å²) in [6, 6.07) is 0. The van der Waals surface area contributed by atoms with Gasteiger partial charge >= 0.3 is 0 Å². The minimum Gasteiger partial charge on any atom is -0.363 e. The first-order chi connectivity index (χ1) is 9.99. The number of hydrogen-bond acceptors (Lipinski definition) is 2. The number of carbonyl (C=O) groups excluding carboxylic acids is 1. The Hall–Kier alpha value is -0.630. The Labute approximate surface area is 127 Å². The van der Waals surface area contributed by atoms with Crippen LogP contribution in [-0.2, 0) is 9.53 Å². The van der Waals surface area contributed by atoms with Crippen molar-refractivity contribution < 1.29 is 9.53 Å². The van der Waals surface area contributed by atoms with Gasteiger partial charge in [0, 0.05) is 6.42 Å². The first-order valence-electron chi connectivity index (χ1n) is 8.93. The first kappa shape index (κ1) is 12.9. The van der Waals surface area contributed by atoms with Crippen LogP contribution in [0.1, 0.15) is 65.2 Å². The summed E-state index contributed by atoms with van der Waals surface area (Å²) in [6.07, 6.45) is 11.6. The van der Waals surface area contributed by atoms with Crippen LogP contribution >= 0.6 is 0 Å². The number of epoxide rings is 1. The zero-order valence-corrected chi connectivity index (χ0v) is 13.3. The predicted molar refractivity (Wildman–Crippen MR) is 80.8 cm³/mol. The zero-order valence-electron chi connectivity index (χ0n) is 13.3. The van der Waals surface area contributed by atoms with Crippen LogP contribution in [0.25, 0.3) is 0 Å². The van der Waals surface area contributed by atoms with Gasteiger partial charge < -0.3 is 4.74 Å². The van der Waals surface area contributed by atoms with Gasteiger partial charge in [0.05, 0.1) is 5.60 Å². The minimum absolute atomic E-state index is 0.224. The number of rotatable bonds is 0. The van der Waals surface area contributed by atoms with Crippen LogP contribution in [0, 0.1) is 23.2 Å². The Balaban J connectivity index is 1.52. The van der Waals surface area contributed by atoms with Gasteiger partial charge in [-0.05, 0) is 81.1 Å². The van der Waals surface area contributed by atoms with Gasteiger partial charge in [0.2, 0.25) is 0 Å². The molecule has 2 nitrogen and oxygen atoms in total. The normalized spacial score (nSPS) is 57.7. The van der Waals surface area contributed by atoms with E-state index in [-0.39, 0.29) is 11.2 Å². The van der Waals surface area contributed by atoms with Gasteiger partial charge in [-0.15, -0.1) is 0 Å². The fourth-order valence-electron chi connectivity index (χ4n) is 6.97. The van der Waals surface area contributed by atoms with Crippen LogP contribution in [0.15, 0.2) is 11.6 Å². The van der Waals surface area contributed by atoms with Crippen molar-refractivity contribution in [3.8, 4) is 0 Å². The molecule has 6 atom stereocenters. The fourth-order valence-corrected chi connectivity index (χ4v) is 6.97. The maximum absolute atomic E-state index is 11.8. The highest BCUT2D eigenvalue weighted by Crippen LogP contribution is 2.72. The van der Waals surface area contributed by atoms with E-state index in [4.69, 9.17) is 4.74 Å². The lowest BCUT2D eigenvalue weighted by Gasteiger charge is -2.55. The summed E-state index contributed by atoms with van der Waals surface area (Å²) in [5.41, 5.74) is 2.28. The van der Waals surface area contributed by atoms with Crippen LogP contribution in [-0.4, -0.2) is 17.0 Å². The molecular weight excluding hydrogens is 260 g/mol. The Bertz CT molecular complexity index is 564. The Kier molecular flexibility index (Phi) is 2.23. The second-order valence-electron chi connectivity index (χ2n) is 8.77. The van der Waals surface area contributed by atoms with Gasteiger partial charge in [0.25, 0.3) is 0 Å².